The van der Waals surface area contributed by atoms with Crippen molar-refractivity contribution in [1.29, 1.82) is 0 Å². The maximum absolute atomic E-state index is 12.2. The van der Waals surface area contributed by atoms with Gasteiger partial charge in [0, 0.05) is 12.6 Å². The number of nitrogens with two attached hydrogens (primary N) is 2. The van der Waals surface area contributed by atoms with E-state index < -0.39 is 11.8 Å². The van der Waals surface area contributed by atoms with Gasteiger partial charge in [0.25, 0.3) is 0 Å². The van der Waals surface area contributed by atoms with Gasteiger partial charge < -0.3 is 11.5 Å². The lowest BCUT2D eigenvalue weighted by Crippen LogP contribution is -2.41. The Morgan fingerprint density at radius 1 is 0.677 bits per heavy atom. The van der Waals surface area contributed by atoms with Crippen LogP contribution in [0.2, 0.25) is 0 Å². The normalized spacial score (nSPS) is 21.5. The molecular weight excluding hydrogens is 386 g/mol. The lowest BCUT2D eigenvalue weighted by atomic mass is 9.86. The van der Waals surface area contributed by atoms with Crippen molar-refractivity contribution < 1.29 is 9.59 Å². The molecule has 1 fully saturated rings. The summed E-state index contributed by atoms with van der Waals surface area (Å²) < 4.78 is 0. The lowest BCUT2D eigenvalue weighted by molar-refractivity contribution is -0.130. The number of amides is 2. The van der Waals surface area contributed by atoms with Crippen LogP contribution in [0, 0.1) is 11.8 Å². The zero-order valence-corrected chi connectivity index (χ0v) is 20.6. The first-order chi connectivity index (χ1) is 15.0. The van der Waals surface area contributed by atoms with E-state index in [2.05, 4.69) is 18.7 Å². The number of primary amides is 2. The van der Waals surface area contributed by atoms with Gasteiger partial charge in [-0.1, -0.05) is 110 Å². The first-order valence-electron chi connectivity index (χ1n) is 13.4. The zero-order valence-electron chi connectivity index (χ0n) is 20.6. The molecule has 1 saturated heterocycles. The molecule has 1 heterocycles. The van der Waals surface area contributed by atoms with Crippen LogP contribution in [0.15, 0.2) is 0 Å². The maximum Gasteiger partial charge on any atom is 0.222 e. The predicted octanol–water partition coefficient (Wildman–Crippen LogP) is 5.55. The maximum atomic E-state index is 12.2. The minimum atomic E-state index is -0.425. The topological polar surface area (TPSA) is 89.4 Å². The Hall–Kier alpha value is -1.10. The summed E-state index contributed by atoms with van der Waals surface area (Å²) in [6, 6.07) is 0.0830. The number of rotatable bonds is 20. The molecule has 0 aromatic heterocycles. The fourth-order valence-electron chi connectivity index (χ4n) is 5.21. The second-order valence-electron chi connectivity index (χ2n) is 9.74. The molecule has 0 aliphatic carbocycles. The Morgan fingerprint density at radius 3 is 1.58 bits per heavy atom. The van der Waals surface area contributed by atoms with Crippen LogP contribution in [0.25, 0.3) is 0 Å². The molecule has 0 aromatic rings. The quantitative estimate of drug-likeness (QED) is 0.245. The van der Waals surface area contributed by atoms with Crippen LogP contribution in [-0.2, 0) is 9.59 Å². The average Bonchev–Trinajstić information content (AvgIpc) is 3.11. The Kier molecular flexibility index (Phi) is 15.7. The van der Waals surface area contributed by atoms with Crippen molar-refractivity contribution >= 4 is 11.8 Å². The first-order valence-corrected chi connectivity index (χ1v) is 13.4. The predicted molar refractivity (Wildman–Crippen MR) is 131 cm³/mol. The molecule has 1 rings (SSSR count). The highest BCUT2D eigenvalue weighted by molar-refractivity contribution is 5.87. The van der Waals surface area contributed by atoms with E-state index in [4.69, 9.17) is 11.5 Å². The Morgan fingerprint density at radius 2 is 1.13 bits per heavy atom. The molecule has 0 aromatic carbocycles. The van der Waals surface area contributed by atoms with Crippen LogP contribution in [0.4, 0.5) is 0 Å². The van der Waals surface area contributed by atoms with Crippen molar-refractivity contribution in [2.24, 2.45) is 23.3 Å². The van der Waals surface area contributed by atoms with E-state index in [9.17, 15) is 9.59 Å². The van der Waals surface area contributed by atoms with Gasteiger partial charge in [0.05, 0.1) is 11.8 Å². The molecule has 0 bridgehead atoms. The molecule has 3 unspecified atom stereocenters. The fourth-order valence-corrected chi connectivity index (χ4v) is 5.21. The van der Waals surface area contributed by atoms with Gasteiger partial charge in [0.1, 0.15) is 0 Å². The van der Waals surface area contributed by atoms with E-state index in [-0.39, 0.29) is 17.9 Å². The molecule has 1 aliphatic rings. The third-order valence-corrected chi connectivity index (χ3v) is 7.09. The number of nitrogens with zero attached hydrogens (tertiary/aromatic N) is 1. The molecule has 0 spiro atoms. The second-order valence-corrected chi connectivity index (χ2v) is 9.74. The van der Waals surface area contributed by atoms with E-state index >= 15 is 0 Å². The van der Waals surface area contributed by atoms with Gasteiger partial charge in [0.15, 0.2) is 0 Å². The molecule has 182 valence electrons. The van der Waals surface area contributed by atoms with Gasteiger partial charge >= 0.3 is 0 Å². The summed E-state index contributed by atoms with van der Waals surface area (Å²) >= 11 is 0. The third-order valence-electron chi connectivity index (χ3n) is 7.09. The molecule has 5 nitrogen and oxygen atoms in total. The number of likely N-dealkylation sites (tertiary alicyclic amines) is 1. The Labute approximate surface area is 192 Å². The minimum absolute atomic E-state index is 0.0830. The lowest BCUT2D eigenvalue weighted by Gasteiger charge is -2.27. The third kappa shape index (κ3) is 11.4. The second kappa shape index (κ2) is 17.5. The highest BCUT2D eigenvalue weighted by Crippen LogP contribution is 2.33. The van der Waals surface area contributed by atoms with Crippen molar-refractivity contribution in [3.05, 3.63) is 0 Å². The Bertz CT molecular complexity index is 483. The van der Waals surface area contributed by atoms with Crippen LogP contribution >= 0.6 is 0 Å². The van der Waals surface area contributed by atoms with Crippen molar-refractivity contribution in [2.45, 2.75) is 129 Å². The van der Waals surface area contributed by atoms with Crippen molar-refractivity contribution in [3.8, 4) is 0 Å². The summed E-state index contributed by atoms with van der Waals surface area (Å²) in [4.78, 5) is 26.5. The van der Waals surface area contributed by atoms with E-state index in [1.54, 1.807) is 0 Å². The average molecular weight is 438 g/mol. The summed E-state index contributed by atoms with van der Waals surface area (Å²) in [5.41, 5.74) is 11.4. The van der Waals surface area contributed by atoms with Gasteiger partial charge in [-0.3, -0.25) is 14.5 Å². The summed E-state index contributed by atoms with van der Waals surface area (Å²) in [6.45, 7) is 6.04. The summed E-state index contributed by atoms with van der Waals surface area (Å²) in [5.74, 6) is -1.57. The van der Waals surface area contributed by atoms with Crippen LogP contribution in [0.3, 0.4) is 0 Å². The monoisotopic (exact) mass is 437 g/mol. The van der Waals surface area contributed by atoms with E-state index in [1.165, 1.54) is 89.9 Å². The largest absolute Gasteiger partial charge is 0.369 e. The van der Waals surface area contributed by atoms with Crippen LogP contribution in [0.5, 0.6) is 0 Å². The molecule has 3 atom stereocenters. The Balaban J connectivity index is 2.43. The van der Waals surface area contributed by atoms with Crippen LogP contribution < -0.4 is 11.5 Å². The summed E-state index contributed by atoms with van der Waals surface area (Å²) in [6.07, 6.45) is 21.4. The van der Waals surface area contributed by atoms with Crippen molar-refractivity contribution in [3.63, 3.8) is 0 Å². The summed E-state index contributed by atoms with van der Waals surface area (Å²) in [5, 5.41) is 0. The number of carbonyl (C=O) groups excluding carboxylic acids is 2. The van der Waals surface area contributed by atoms with Crippen molar-refractivity contribution in [2.75, 3.05) is 13.1 Å². The van der Waals surface area contributed by atoms with Gasteiger partial charge in [-0.25, -0.2) is 0 Å². The van der Waals surface area contributed by atoms with Crippen LogP contribution in [-0.4, -0.2) is 35.8 Å². The molecule has 4 N–H and O–H groups in total. The number of hydrogen-bond donors (Lipinski definition) is 2. The molecule has 5 heteroatoms. The van der Waals surface area contributed by atoms with E-state index in [1.807, 2.05) is 0 Å². The standard InChI is InChI=1S/C26H51N3O2/c1-3-5-7-9-11-13-15-17-19-23-24(26(28)31)22(25(27)30)21-29(23)20-18-16-14-12-10-8-6-4-2/h22-24H,3-21H2,1-2H3,(H2,27,30)(H2,28,31). The highest BCUT2D eigenvalue weighted by Gasteiger charge is 2.46. The van der Waals surface area contributed by atoms with Gasteiger partial charge in [-0.15, -0.1) is 0 Å². The fraction of sp³-hybridized carbons (Fsp3) is 0.923. The van der Waals surface area contributed by atoms with Gasteiger partial charge in [0.2, 0.25) is 11.8 Å². The molecular formula is C26H51N3O2. The van der Waals surface area contributed by atoms with Crippen LogP contribution in [0.1, 0.15) is 123 Å². The van der Waals surface area contributed by atoms with Gasteiger partial charge in [-0.2, -0.15) is 0 Å². The molecule has 31 heavy (non-hydrogen) atoms. The van der Waals surface area contributed by atoms with E-state index in [0.29, 0.717) is 6.54 Å². The summed E-state index contributed by atoms with van der Waals surface area (Å²) in [7, 11) is 0. The zero-order chi connectivity index (χ0) is 22.9. The van der Waals surface area contributed by atoms with Crippen molar-refractivity contribution in [1.82, 2.24) is 4.90 Å². The number of carbonyl (C=O) groups is 2. The van der Waals surface area contributed by atoms with Gasteiger partial charge in [-0.05, 0) is 19.4 Å². The SMILES string of the molecule is CCCCCCCCCCC1C(C(N)=O)C(C(N)=O)CN1CCCCCCCCCC. The highest BCUT2D eigenvalue weighted by atomic mass is 16.2. The molecule has 0 radical (unpaired) electrons. The first kappa shape index (κ1) is 27.9. The molecule has 1 aliphatic heterocycles. The number of hydrogen-bond acceptors (Lipinski definition) is 3. The number of unbranched alkanes of at least 4 members (excludes halogenated alkanes) is 14. The smallest absolute Gasteiger partial charge is 0.222 e. The van der Waals surface area contributed by atoms with E-state index in [0.717, 1.165) is 25.8 Å². The molecule has 0 saturated carbocycles. The molecule has 2 amide bonds. The minimum Gasteiger partial charge on any atom is -0.369 e.